The molecule has 0 aliphatic heterocycles. The lowest BCUT2D eigenvalue weighted by molar-refractivity contribution is -0.143. The maximum atomic E-state index is 11.4. The summed E-state index contributed by atoms with van der Waals surface area (Å²) in [4.78, 5) is 22.5. The van der Waals surface area contributed by atoms with Gasteiger partial charge in [-0.2, -0.15) is 0 Å². The summed E-state index contributed by atoms with van der Waals surface area (Å²) in [7, 11) is 1.22. The topological polar surface area (TPSA) is 43.4 Å². The van der Waals surface area contributed by atoms with E-state index in [0.29, 0.717) is 6.42 Å². The Labute approximate surface area is 93.8 Å². The average molecular weight is 314 g/mol. The predicted octanol–water partition coefficient (Wildman–Crippen LogP) is 2.18. The Morgan fingerprint density at radius 2 is 2.08 bits per heavy atom. The molecular formula is C8H10Br2O3. The molecule has 0 spiro atoms. The molecular weight excluding hydrogens is 304 g/mol. The van der Waals surface area contributed by atoms with Crippen LogP contribution in [-0.2, 0) is 14.3 Å². The second kappa shape index (κ2) is 5.54. The number of allylic oxidation sites excluding steroid dienone is 1. The van der Waals surface area contributed by atoms with Crippen molar-refractivity contribution in [3.63, 3.8) is 0 Å². The van der Waals surface area contributed by atoms with Crippen molar-refractivity contribution in [2.75, 3.05) is 7.11 Å². The summed E-state index contributed by atoms with van der Waals surface area (Å²) < 4.78 is 3.03. The molecule has 5 heteroatoms. The van der Waals surface area contributed by atoms with E-state index >= 15 is 0 Å². The molecule has 13 heavy (non-hydrogen) atoms. The fraction of sp³-hybridized carbons (Fsp3) is 0.500. The Kier molecular flexibility index (Phi) is 5.48. The SMILES string of the molecule is C=CCCC(=O)C(Br)(Br)C(=O)OC. The molecule has 0 aliphatic carbocycles. The minimum Gasteiger partial charge on any atom is -0.467 e. The maximum Gasteiger partial charge on any atom is 0.341 e. The number of hydrogen-bond donors (Lipinski definition) is 0. The van der Waals surface area contributed by atoms with Gasteiger partial charge in [-0.15, -0.1) is 6.58 Å². The van der Waals surface area contributed by atoms with E-state index in [1.807, 2.05) is 0 Å². The van der Waals surface area contributed by atoms with E-state index in [4.69, 9.17) is 0 Å². The molecule has 0 radical (unpaired) electrons. The van der Waals surface area contributed by atoms with E-state index in [2.05, 4.69) is 43.2 Å². The third-order valence-electron chi connectivity index (χ3n) is 1.37. The number of ether oxygens (including phenoxy) is 1. The Morgan fingerprint density at radius 1 is 1.54 bits per heavy atom. The summed E-state index contributed by atoms with van der Waals surface area (Å²) in [5.74, 6) is -0.930. The molecule has 0 unspecified atom stereocenters. The van der Waals surface area contributed by atoms with Crippen LogP contribution in [0, 0.1) is 0 Å². The van der Waals surface area contributed by atoms with Gasteiger partial charge in [-0.25, -0.2) is 4.79 Å². The molecule has 3 nitrogen and oxygen atoms in total. The molecule has 0 aliphatic rings. The van der Waals surface area contributed by atoms with E-state index in [9.17, 15) is 9.59 Å². The number of ketones is 1. The summed E-state index contributed by atoms with van der Waals surface area (Å²) in [6.07, 6.45) is 2.40. The van der Waals surface area contributed by atoms with E-state index in [-0.39, 0.29) is 12.2 Å². The van der Waals surface area contributed by atoms with Crippen molar-refractivity contribution in [1.29, 1.82) is 0 Å². The number of methoxy groups -OCH3 is 1. The molecule has 0 fully saturated rings. The van der Waals surface area contributed by atoms with Gasteiger partial charge in [0.2, 0.25) is 3.23 Å². The third-order valence-corrected chi connectivity index (χ3v) is 2.90. The molecule has 0 rings (SSSR count). The van der Waals surface area contributed by atoms with Crippen LogP contribution in [0.5, 0.6) is 0 Å². The van der Waals surface area contributed by atoms with Gasteiger partial charge >= 0.3 is 5.97 Å². The van der Waals surface area contributed by atoms with Crippen LogP contribution in [0.1, 0.15) is 12.8 Å². The van der Waals surface area contributed by atoms with Crippen molar-refractivity contribution in [2.24, 2.45) is 0 Å². The lowest BCUT2D eigenvalue weighted by Gasteiger charge is -2.15. The van der Waals surface area contributed by atoms with Crippen LogP contribution in [0.3, 0.4) is 0 Å². The number of halogens is 2. The second-order valence-electron chi connectivity index (χ2n) is 2.32. The minimum atomic E-state index is -1.41. The maximum absolute atomic E-state index is 11.4. The average Bonchev–Trinajstić information content (AvgIpc) is 2.12. The Balaban J connectivity index is 4.35. The number of esters is 1. The van der Waals surface area contributed by atoms with Crippen LogP contribution in [-0.4, -0.2) is 22.1 Å². The van der Waals surface area contributed by atoms with Crippen molar-refractivity contribution in [1.82, 2.24) is 0 Å². The van der Waals surface area contributed by atoms with Crippen LogP contribution in [0.4, 0.5) is 0 Å². The number of Topliss-reactive ketones (excluding diaryl/α,β-unsaturated/α-hetero) is 1. The van der Waals surface area contributed by atoms with E-state index in [1.165, 1.54) is 7.11 Å². The first kappa shape index (κ1) is 12.8. The Hall–Kier alpha value is -0.160. The molecule has 0 amide bonds. The van der Waals surface area contributed by atoms with Gasteiger partial charge in [-0.05, 0) is 6.42 Å². The summed E-state index contributed by atoms with van der Waals surface area (Å²) in [5.41, 5.74) is 0. The molecule has 0 aromatic heterocycles. The van der Waals surface area contributed by atoms with Gasteiger partial charge in [-0.3, -0.25) is 4.79 Å². The van der Waals surface area contributed by atoms with Crippen molar-refractivity contribution in [2.45, 2.75) is 16.1 Å². The molecule has 0 aromatic carbocycles. The molecule has 0 bridgehead atoms. The third kappa shape index (κ3) is 3.60. The number of rotatable bonds is 5. The van der Waals surface area contributed by atoms with E-state index in [1.54, 1.807) is 6.08 Å². The van der Waals surface area contributed by atoms with E-state index in [0.717, 1.165) is 0 Å². The highest BCUT2D eigenvalue weighted by Crippen LogP contribution is 2.30. The zero-order chi connectivity index (χ0) is 10.5. The lowest BCUT2D eigenvalue weighted by Crippen LogP contribution is -2.35. The van der Waals surface area contributed by atoms with Gasteiger partial charge in [0.25, 0.3) is 0 Å². The van der Waals surface area contributed by atoms with E-state index < -0.39 is 9.20 Å². The summed E-state index contributed by atoms with van der Waals surface area (Å²) in [6.45, 7) is 3.48. The predicted molar refractivity (Wildman–Crippen MR) is 57.0 cm³/mol. The van der Waals surface area contributed by atoms with Crippen LogP contribution in [0.2, 0.25) is 0 Å². The van der Waals surface area contributed by atoms with Crippen LogP contribution in [0.25, 0.3) is 0 Å². The van der Waals surface area contributed by atoms with Gasteiger partial charge in [0.15, 0.2) is 5.78 Å². The number of alkyl halides is 2. The number of carbonyl (C=O) groups excluding carboxylic acids is 2. The van der Waals surface area contributed by atoms with Crippen molar-refractivity contribution in [3.05, 3.63) is 12.7 Å². The first-order valence-corrected chi connectivity index (χ1v) is 5.15. The van der Waals surface area contributed by atoms with Gasteiger partial charge in [0.05, 0.1) is 7.11 Å². The first-order valence-electron chi connectivity index (χ1n) is 3.57. The smallest absolute Gasteiger partial charge is 0.341 e. The lowest BCUT2D eigenvalue weighted by atomic mass is 10.1. The van der Waals surface area contributed by atoms with Crippen molar-refractivity contribution >= 4 is 43.6 Å². The monoisotopic (exact) mass is 312 g/mol. The Bertz CT molecular complexity index is 223. The van der Waals surface area contributed by atoms with Gasteiger partial charge in [0, 0.05) is 6.42 Å². The van der Waals surface area contributed by atoms with Gasteiger partial charge < -0.3 is 4.74 Å². The molecule has 74 valence electrons. The fourth-order valence-electron chi connectivity index (χ4n) is 0.632. The molecule has 0 heterocycles. The van der Waals surface area contributed by atoms with Gasteiger partial charge in [-0.1, -0.05) is 37.9 Å². The summed E-state index contributed by atoms with van der Waals surface area (Å²) >= 11 is 5.92. The molecule has 0 N–H and O–H groups in total. The molecule has 0 atom stereocenters. The highest BCUT2D eigenvalue weighted by molar-refractivity contribution is 9.26. The fourth-order valence-corrected chi connectivity index (χ4v) is 1.35. The highest BCUT2D eigenvalue weighted by Gasteiger charge is 2.40. The van der Waals surface area contributed by atoms with Gasteiger partial charge in [0.1, 0.15) is 0 Å². The zero-order valence-electron chi connectivity index (χ0n) is 7.18. The van der Waals surface area contributed by atoms with Crippen molar-refractivity contribution in [3.8, 4) is 0 Å². The molecule has 0 aromatic rings. The minimum absolute atomic E-state index is 0.245. The highest BCUT2D eigenvalue weighted by atomic mass is 79.9. The van der Waals surface area contributed by atoms with Crippen LogP contribution >= 0.6 is 31.9 Å². The second-order valence-corrected chi connectivity index (χ2v) is 5.76. The van der Waals surface area contributed by atoms with Crippen LogP contribution in [0.15, 0.2) is 12.7 Å². The summed E-state index contributed by atoms with van der Waals surface area (Å²) in [6, 6.07) is 0. The molecule has 0 saturated heterocycles. The van der Waals surface area contributed by atoms with Crippen molar-refractivity contribution < 1.29 is 14.3 Å². The number of hydrogen-bond acceptors (Lipinski definition) is 3. The standard InChI is InChI=1S/C8H10Br2O3/c1-3-4-5-6(11)8(9,10)7(12)13-2/h3H,1,4-5H2,2H3. The normalized spacial score (nSPS) is 10.7. The largest absolute Gasteiger partial charge is 0.467 e. The summed E-state index contributed by atoms with van der Waals surface area (Å²) in [5, 5.41) is 0. The zero-order valence-corrected chi connectivity index (χ0v) is 10.4. The van der Waals surface area contributed by atoms with Crippen LogP contribution < -0.4 is 0 Å². The quantitative estimate of drug-likeness (QED) is 0.338. The number of carbonyl (C=O) groups is 2. The Morgan fingerprint density at radius 3 is 2.46 bits per heavy atom. The molecule has 0 saturated carbocycles. The first-order chi connectivity index (χ1) is 5.96.